The van der Waals surface area contributed by atoms with Crippen LogP contribution in [-0.2, 0) is 10.0 Å². The molecule has 0 aromatic heterocycles. The van der Waals surface area contributed by atoms with Gasteiger partial charge in [-0.15, -0.1) is 0 Å². The number of hydrogen-bond acceptors (Lipinski definition) is 4. The number of rotatable bonds is 4. The van der Waals surface area contributed by atoms with E-state index >= 15 is 0 Å². The number of Topliss-reactive ketones (excluding diaryl/α,β-unsaturated/α-hetero) is 1. The Balaban J connectivity index is 2.46. The molecule has 1 fully saturated rings. The third-order valence-electron chi connectivity index (χ3n) is 3.89. The van der Waals surface area contributed by atoms with Crippen molar-refractivity contribution in [2.45, 2.75) is 18.7 Å². The van der Waals surface area contributed by atoms with Crippen LogP contribution in [-0.4, -0.2) is 56.6 Å². The van der Waals surface area contributed by atoms with Crippen molar-refractivity contribution in [1.82, 2.24) is 9.21 Å². The Labute approximate surface area is 141 Å². The highest BCUT2D eigenvalue weighted by Gasteiger charge is 2.31. The van der Waals surface area contributed by atoms with Crippen LogP contribution in [0.15, 0.2) is 17.0 Å². The van der Waals surface area contributed by atoms with Crippen molar-refractivity contribution in [2.24, 2.45) is 5.92 Å². The summed E-state index contributed by atoms with van der Waals surface area (Å²) >= 11 is 5.92. The zero-order chi connectivity index (χ0) is 17.4. The van der Waals surface area contributed by atoms with Crippen molar-refractivity contribution in [1.29, 1.82) is 0 Å². The summed E-state index contributed by atoms with van der Waals surface area (Å²) in [4.78, 5) is 13.7. The molecule has 0 radical (unpaired) electrons. The Morgan fingerprint density at radius 1 is 1.22 bits per heavy atom. The maximum absolute atomic E-state index is 14.2. The smallest absolute Gasteiger partial charge is 0.246 e. The lowest BCUT2D eigenvalue weighted by atomic mass is 10.0. The molecule has 1 aliphatic rings. The Kier molecular flexibility index (Phi) is 5.45. The number of hydrogen-bond donors (Lipinski definition) is 0. The molecule has 1 aliphatic heterocycles. The summed E-state index contributed by atoms with van der Waals surface area (Å²) in [7, 11) is -2.10. The normalized spacial score (nSPS) is 17.7. The lowest BCUT2D eigenvalue weighted by Gasteiger charge is -2.31. The molecule has 1 heterocycles. The minimum absolute atomic E-state index is 0.0377. The van der Waals surface area contributed by atoms with Gasteiger partial charge in [0.2, 0.25) is 10.0 Å². The predicted molar refractivity (Wildman–Crippen MR) is 86.8 cm³/mol. The van der Waals surface area contributed by atoms with Crippen LogP contribution in [0.4, 0.5) is 4.39 Å². The van der Waals surface area contributed by atoms with E-state index in [0.717, 1.165) is 12.1 Å². The van der Waals surface area contributed by atoms with Gasteiger partial charge < -0.3 is 4.90 Å². The fourth-order valence-electron chi connectivity index (χ4n) is 2.39. The molecule has 1 aromatic rings. The van der Waals surface area contributed by atoms with Crippen molar-refractivity contribution in [2.75, 3.05) is 33.2 Å². The first-order valence-electron chi connectivity index (χ1n) is 7.36. The third kappa shape index (κ3) is 3.74. The third-order valence-corrected chi connectivity index (χ3v) is 6.12. The summed E-state index contributed by atoms with van der Waals surface area (Å²) in [6.07, 6.45) is 0. The summed E-state index contributed by atoms with van der Waals surface area (Å²) in [6.45, 7) is 5.08. The van der Waals surface area contributed by atoms with Gasteiger partial charge in [-0.05, 0) is 19.2 Å². The molecular formula is C15H20ClFN2O3S. The van der Waals surface area contributed by atoms with Gasteiger partial charge in [0.25, 0.3) is 0 Å². The fourth-order valence-corrected chi connectivity index (χ4v) is 4.13. The number of ketones is 1. The van der Waals surface area contributed by atoms with E-state index in [1.807, 2.05) is 11.9 Å². The molecule has 5 nitrogen and oxygen atoms in total. The van der Waals surface area contributed by atoms with Crippen LogP contribution in [0.25, 0.3) is 0 Å². The second-order valence-electron chi connectivity index (χ2n) is 5.99. The van der Waals surface area contributed by atoms with Crippen LogP contribution in [0, 0.1) is 11.7 Å². The van der Waals surface area contributed by atoms with Crippen LogP contribution in [0.5, 0.6) is 0 Å². The van der Waals surface area contributed by atoms with E-state index in [1.54, 1.807) is 13.8 Å². The monoisotopic (exact) mass is 362 g/mol. The summed E-state index contributed by atoms with van der Waals surface area (Å²) in [5.41, 5.74) is 0.0377. The number of benzene rings is 1. The topological polar surface area (TPSA) is 57.7 Å². The molecule has 128 valence electrons. The van der Waals surface area contributed by atoms with Gasteiger partial charge >= 0.3 is 0 Å². The summed E-state index contributed by atoms with van der Waals surface area (Å²) in [5, 5.41) is -0.0708. The fraction of sp³-hybridized carbons (Fsp3) is 0.533. The van der Waals surface area contributed by atoms with E-state index < -0.39 is 20.7 Å². The van der Waals surface area contributed by atoms with Crippen molar-refractivity contribution in [3.8, 4) is 0 Å². The predicted octanol–water partition coefficient (Wildman–Crippen LogP) is 2.25. The lowest BCUT2D eigenvalue weighted by molar-refractivity contribution is 0.0939. The van der Waals surface area contributed by atoms with Crippen LogP contribution in [0.2, 0.25) is 5.02 Å². The molecule has 0 amide bonds. The Hall–Kier alpha value is -1.02. The largest absolute Gasteiger partial charge is 0.304 e. The average molecular weight is 363 g/mol. The molecular weight excluding hydrogens is 343 g/mol. The van der Waals surface area contributed by atoms with Gasteiger partial charge in [0, 0.05) is 37.7 Å². The number of likely N-dealkylation sites (N-methyl/N-ethyl adjacent to an activating group) is 1. The van der Waals surface area contributed by atoms with Crippen molar-refractivity contribution < 1.29 is 17.6 Å². The average Bonchev–Trinajstić information content (AvgIpc) is 2.46. The number of nitrogens with zero attached hydrogens (tertiary/aromatic N) is 2. The number of carbonyl (C=O) groups is 1. The first-order chi connectivity index (χ1) is 10.6. The Bertz CT molecular complexity index is 714. The number of sulfonamides is 1. The Morgan fingerprint density at radius 3 is 2.30 bits per heavy atom. The summed E-state index contributed by atoms with van der Waals surface area (Å²) < 4.78 is 40.8. The first kappa shape index (κ1) is 18.3. The molecule has 23 heavy (non-hydrogen) atoms. The number of carbonyl (C=O) groups excluding carboxylic acids is 1. The van der Waals surface area contributed by atoms with Crippen LogP contribution in [0.3, 0.4) is 0 Å². The minimum Gasteiger partial charge on any atom is -0.304 e. The molecule has 0 atom stereocenters. The maximum Gasteiger partial charge on any atom is 0.246 e. The zero-order valence-corrected chi connectivity index (χ0v) is 14.9. The van der Waals surface area contributed by atoms with Gasteiger partial charge in [0.1, 0.15) is 10.7 Å². The van der Waals surface area contributed by atoms with Gasteiger partial charge in [0.15, 0.2) is 5.78 Å². The molecule has 0 saturated carbocycles. The van der Waals surface area contributed by atoms with E-state index in [1.165, 1.54) is 4.31 Å². The summed E-state index contributed by atoms with van der Waals surface area (Å²) in [6, 6.07) is 1.97. The molecule has 0 unspecified atom stereocenters. The lowest BCUT2D eigenvalue weighted by Crippen LogP contribution is -2.47. The van der Waals surface area contributed by atoms with Crippen LogP contribution < -0.4 is 0 Å². The minimum atomic E-state index is -3.99. The van der Waals surface area contributed by atoms with Crippen LogP contribution >= 0.6 is 11.6 Å². The van der Waals surface area contributed by atoms with Gasteiger partial charge in [0.05, 0.1) is 5.02 Å². The van der Waals surface area contributed by atoms with Gasteiger partial charge in [-0.2, -0.15) is 4.31 Å². The molecule has 1 saturated heterocycles. The van der Waals surface area contributed by atoms with Gasteiger partial charge in [-0.1, -0.05) is 25.4 Å². The van der Waals surface area contributed by atoms with E-state index in [0.29, 0.717) is 13.1 Å². The summed E-state index contributed by atoms with van der Waals surface area (Å²) in [5.74, 6) is -1.61. The van der Waals surface area contributed by atoms with E-state index in [4.69, 9.17) is 11.6 Å². The van der Waals surface area contributed by atoms with E-state index in [-0.39, 0.29) is 35.4 Å². The van der Waals surface area contributed by atoms with E-state index in [9.17, 15) is 17.6 Å². The first-order valence-corrected chi connectivity index (χ1v) is 9.18. The second kappa shape index (κ2) is 6.84. The highest BCUT2D eigenvalue weighted by atomic mass is 35.5. The van der Waals surface area contributed by atoms with Gasteiger partial charge in [-0.25, -0.2) is 12.8 Å². The van der Waals surface area contributed by atoms with Crippen LogP contribution in [0.1, 0.15) is 24.2 Å². The molecule has 8 heteroatoms. The Morgan fingerprint density at radius 2 is 1.78 bits per heavy atom. The highest BCUT2D eigenvalue weighted by Crippen LogP contribution is 2.28. The molecule has 1 aromatic carbocycles. The maximum atomic E-state index is 14.2. The standard InChI is InChI=1S/C15H20ClFN2O3S/c1-10(2)15(20)11-8-14(13(17)9-12(11)16)23(21,22)19-6-4-18(3)5-7-19/h8-10H,4-7H2,1-3H3. The van der Waals surface area contributed by atoms with Crippen molar-refractivity contribution in [3.05, 3.63) is 28.5 Å². The molecule has 2 rings (SSSR count). The number of halogens is 2. The quantitative estimate of drug-likeness (QED) is 0.771. The van der Waals surface area contributed by atoms with Crippen molar-refractivity contribution in [3.63, 3.8) is 0 Å². The molecule has 0 bridgehead atoms. The van der Waals surface area contributed by atoms with Gasteiger partial charge in [-0.3, -0.25) is 4.79 Å². The zero-order valence-electron chi connectivity index (χ0n) is 13.3. The molecule has 0 N–H and O–H groups in total. The highest BCUT2D eigenvalue weighted by molar-refractivity contribution is 7.89. The molecule has 0 aliphatic carbocycles. The SMILES string of the molecule is CC(C)C(=O)c1cc(S(=O)(=O)N2CCN(C)CC2)c(F)cc1Cl. The second-order valence-corrected chi connectivity index (χ2v) is 8.30. The molecule has 0 spiro atoms. The van der Waals surface area contributed by atoms with Crippen molar-refractivity contribution >= 4 is 27.4 Å². The number of piperazine rings is 1. The van der Waals surface area contributed by atoms with E-state index in [2.05, 4.69) is 0 Å².